The molecule has 8 heteroatoms. The van der Waals surface area contributed by atoms with Gasteiger partial charge >= 0.3 is 6.03 Å². The second-order valence-electron chi connectivity index (χ2n) is 10.0. The number of benzene rings is 2. The number of nitrogens with zero attached hydrogens (tertiary/aromatic N) is 5. The average molecular weight is 522 g/mol. The number of pyridine rings is 1. The van der Waals surface area contributed by atoms with Crippen LogP contribution in [0.1, 0.15) is 32.5 Å². The first-order chi connectivity index (χ1) is 18.9. The number of carbonyl (C=O) groups is 1. The number of aryl methyl sites for hydroxylation is 1. The standard InChI is InChI=1S/C22H17N5.C9H18N2O/c1-14-25-20(21-22(23)24-11-12-27(14)21)17-8-7-16-9-10-18(26-19(16)13-17)15-5-3-2-4-6-15;1-3-10-9(12)11-6-4-8(2)5-7-11/h2-13H,1H3,(H2,23,24);8H,3-7H2,1-2H3,(H,10,12). The number of nitrogens with one attached hydrogen (secondary N) is 1. The van der Waals surface area contributed by atoms with Crippen molar-refractivity contribution in [2.75, 3.05) is 25.4 Å². The number of hydrogen-bond acceptors (Lipinski definition) is 5. The maximum Gasteiger partial charge on any atom is 0.317 e. The maximum atomic E-state index is 11.3. The Bertz CT molecular complexity index is 1590. The third kappa shape index (κ3) is 5.70. The molecule has 0 bridgehead atoms. The van der Waals surface area contributed by atoms with Gasteiger partial charge in [0.05, 0.1) is 11.2 Å². The minimum absolute atomic E-state index is 0.101. The first-order valence-electron chi connectivity index (χ1n) is 13.5. The van der Waals surface area contributed by atoms with E-state index in [1.54, 1.807) is 6.20 Å². The summed E-state index contributed by atoms with van der Waals surface area (Å²) in [6, 6.07) is 20.6. The number of imidazole rings is 1. The van der Waals surface area contributed by atoms with Crippen molar-refractivity contribution in [1.29, 1.82) is 0 Å². The lowest BCUT2D eigenvalue weighted by Crippen LogP contribution is -2.44. The van der Waals surface area contributed by atoms with Crippen molar-refractivity contribution in [2.45, 2.75) is 33.6 Å². The second-order valence-corrected chi connectivity index (χ2v) is 10.0. The molecule has 2 amide bonds. The van der Waals surface area contributed by atoms with Gasteiger partial charge in [0.25, 0.3) is 0 Å². The van der Waals surface area contributed by atoms with Gasteiger partial charge in [0.1, 0.15) is 22.9 Å². The zero-order valence-electron chi connectivity index (χ0n) is 22.8. The van der Waals surface area contributed by atoms with E-state index in [4.69, 9.17) is 15.7 Å². The van der Waals surface area contributed by atoms with Gasteiger partial charge in [-0.15, -0.1) is 0 Å². The van der Waals surface area contributed by atoms with E-state index in [0.29, 0.717) is 5.82 Å². The first kappa shape index (κ1) is 26.2. The number of fused-ring (bicyclic) bond motifs is 2. The summed E-state index contributed by atoms with van der Waals surface area (Å²) >= 11 is 0. The van der Waals surface area contributed by atoms with Gasteiger partial charge in [0.2, 0.25) is 0 Å². The van der Waals surface area contributed by atoms with Crippen LogP contribution in [0.2, 0.25) is 0 Å². The second kappa shape index (κ2) is 11.5. The summed E-state index contributed by atoms with van der Waals surface area (Å²) in [5, 5.41) is 3.90. The SMILES string of the molecule is CCNC(=O)N1CCC(C)CC1.Cc1nc(-c2ccc3ccc(-c4ccccc4)nc3c2)c2c(N)nccn12. The largest absolute Gasteiger partial charge is 0.382 e. The van der Waals surface area contributed by atoms with Crippen molar-refractivity contribution >= 4 is 28.3 Å². The van der Waals surface area contributed by atoms with Gasteiger partial charge in [-0.1, -0.05) is 55.5 Å². The number of carbonyl (C=O) groups excluding carboxylic acids is 1. The van der Waals surface area contributed by atoms with E-state index in [9.17, 15) is 4.79 Å². The molecule has 0 saturated carbocycles. The fourth-order valence-corrected chi connectivity index (χ4v) is 4.92. The van der Waals surface area contributed by atoms with E-state index < -0.39 is 0 Å². The Morgan fingerprint density at radius 3 is 2.51 bits per heavy atom. The number of anilines is 1. The summed E-state index contributed by atoms with van der Waals surface area (Å²) in [6.45, 7) is 8.73. The molecule has 0 radical (unpaired) electrons. The quantitative estimate of drug-likeness (QED) is 0.305. The summed E-state index contributed by atoms with van der Waals surface area (Å²) in [4.78, 5) is 27.0. The lowest BCUT2D eigenvalue weighted by molar-refractivity contribution is 0.174. The smallest absolute Gasteiger partial charge is 0.317 e. The van der Waals surface area contributed by atoms with Gasteiger partial charge in [-0.3, -0.25) is 4.40 Å². The molecule has 0 spiro atoms. The van der Waals surface area contributed by atoms with E-state index in [1.807, 2.05) is 47.5 Å². The molecule has 0 unspecified atom stereocenters. The Balaban J connectivity index is 0.000000217. The zero-order valence-corrected chi connectivity index (χ0v) is 22.8. The highest BCUT2D eigenvalue weighted by Crippen LogP contribution is 2.30. The number of rotatable bonds is 3. The van der Waals surface area contributed by atoms with Gasteiger partial charge in [-0.05, 0) is 44.7 Å². The molecule has 39 heavy (non-hydrogen) atoms. The predicted molar refractivity (Wildman–Crippen MR) is 157 cm³/mol. The van der Waals surface area contributed by atoms with Crippen LogP contribution >= 0.6 is 0 Å². The van der Waals surface area contributed by atoms with Crippen LogP contribution in [0.4, 0.5) is 10.6 Å². The topological polar surface area (TPSA) is 101 Å². The monoisotopic (exact) mass is 521 g/mol. The van der Waals surface area contributed by atoms with Gasteiger partial charge in [-0.25, -0.2) is 19.7 Å². The molecule has 3 N–H and O–H groups in total. The van der Waals surface area contributed by atoms with Crippen LogP contribution in [0.3, 0.4) is 0 Å². The number of likely N-dealkylation sites (tertiary alicyclic amines) is 1. The molecule has 3 aromatic heterocycles. The molecule has 1 aliphatic rings. The van der Waals surface area contributed by atoms with Crippen LogP contribution in [-0.4, -0.2) is 49.9 Å². The number of urea groups is 1. The normalized spacial score (nSPS) is 13.8. The minimum atomic E-state index is 0.101. The van der Waals surface area contributed by atoms with Crippen LogP contribution in [0.25, 0.3) is 38.9 Å². The van der Waals surface area contributed by atoms with E-state index in [-0.39, 0.29) is 6.03 Å². The van der Waals surface area contributed by atoms with Crippen molar-refractivity contribution in [3.05, 3.63) is 78.9 Å². The lowest BCUT2D eigenvalue weighted by Gasteiger charge is -2.30. The van der Waals surface area contributed by atoms with Crippen molar-refractivity contribution in [3.63, 3.8) is 0 Å². The van der Waals surface area contributed by atoms with Gasteiger partial charge in [0.15, 0.2) is 0 Å². The summed E-state index contributed by atoms with van der Waals surface area (Å²) in [6.07, 6.45) is 5.87. The van der Waals surface area contributed by atoms with E-state index in [1.165, 1.54) is 0 Å². The van der Waals surface area contributed by atoms with Crippen LogP contribution in [0.15, 0.2) is 73.1 Å². The predicted octanol–water partition coefficient (Wildman–Crippen LogP) is 5.95. The highest BCUT2D eigenvalue weighted by Gasteiger charge is 2.19. The number of nitrogen functional groups attached to an aromatic ring is 1. The third-order valence-electron chi connectivity index (χ3n) is 7.19. The highest BCUT2D eigenvalue weighted by molar-refractivity contribution is 5.91. The lowest BCUT2D eigenvalue weighted by atomic mass is 10.00. The summed E-state index contributed by atoms with van der Waals surface area (Å²) in [5.74, 6) is 2.13. The number of nitrogens with two attached hydrogens (primary N) is 1. The summed E-state index contributed by atoms with van der Waals surface area (Å²) in [7, 11) is 0. The Kier molecular flexibility index (Phi) is 7.72. The van der Waals surface area contributed by atoms with E-state index in [0.717, 1.165) is 83.2 Å². The van der Waals surface area contributed by atoms with Crippen LogP contribution in [0.5, 0.6) is 0 Å². The van der Waals surface area contributed by atoms with Crippen LogP contribution in [0, 0.1) is 12.8 Å². The zero-order chi connectivity index (χ0) is 27.4. The Morgan fingerprint density at radius 1 is 1.03 bits per heavy atom. The first-order valence-corrected chi connectivity index (χ1v) is 13.5. The van der Waals surface area contributed by atoms with Crippen LogP contribution in [-0.2, 0) is 0 Å². The Hall–Kier alpha value is -4.46. The van der Waals surface area contributed by atoms with Crippen molar-refractivity contribution in [2.24, 2.45) is 5.92 Å². The molecule has 200 valence electrons. The molecule has 8 nitrogen and oxygen atoms in total. The maximum absolute atomic E-state index is 11.3. The molecule has 2 aromatic carbocycles. The van der Waals surface area contributed by atoms with E-state index in [2.05, 4.69) is 59.7 Å². The molecular formula is C31H35N7O. The van der Waals surface area contributed by atoms with Crippen molar-refractivity contribution < 1.29 is 4.79 Å². The van der Waals surface area contributed by atoms with Crippen LogP contribution < -0.4 is 11.1 Å². The molecule has 0 aliphatic carbocycles. The Labute approximate surface area is 228 Å². The van der Waals surface area contributed by atoms with Crippen molar-refractivity contribution in [1.82, 2.24) is 29.6 Å². The third-order valence-corrected chi connectivity index (χ3v) is 7.19. The number of amides is 2. The molecule has 4 heterocycles. The fraction of sp³-hybridized carbons (Fsp3) is 0.290. The number of piperidine rings is 1. The molecular weight excluding hydrogens is 486 g/mol. The highest BCUT2D eigenvalue weighted by atomic mass is 16.2. The molecule has 0 atom stereocenters. The number of hydrogen-bond donors (Lipinski definition) is 2. The minimum Gasteiger partial charge on any atom is -0.382 e. The molecule has 1 fully saturated rings. The Morgan fingerprint density at radius 2 is 1.77 bits per heavy atom. The number of aromatic nitrogens is 4. The summed E-state index contributed by atoms with van der Waals surface area (Å²) in [5.41, 5.74) is 11.7. The average Bonchev–Trinajstić information content (AvgIpc) is 3.31. The molecule has 5 aromatic rings. The summed E-state index contributed by atoms with van der Waals surface area (Å²) < 4.78 is 1.97. The van der Waals surface area contributed by atoms with Gasteiger partial charge in [0, 0.05) is 48.5 Å². The molecule has 1 aliphatic heterocycles. The van der Waals surface area contributed by atoms with E-state index >= 15 is 0 Å². The van der Waals surface area contributed by atoms with Gasteiger partial charge in [-0.2, -0.15) is 0 Å². The molecule has 6 rings (SSSR count). The van der Waals surface area contributed by atoms with Crippen molar-refractivity contribution in [3.8, 4) is 22.5 Å². The fourth-order valence-electron chi connectivity index (χ4n) is 4.92. The molecule has 1 saturated heterocycles. The van der Waals surface area contributed by atoms with Gasteiger partial charge < -0.3 is 16.0 Å².